The van der Waals surface area contributed by atoms with Crippen molar-refractivity contribution in [1.82, 2.24) is 20.8 Å². The first kappa shape index (κ1) is 21.6. The summed E-state index contributed by atoms with van der Waals surface area (Å²) < 4.78 is 5.46. The zero-order valence-corrected chi connectivity index (χ0v) is 17.4. The third-order valence-electron chi connectivity index (χ3n) is 3.89. The molecule has 2 N–H and O–H groups in total. The maximum atomic E-state index is 12.2. The number of ether oxygens (including phenoxy) is 1. The molecule has 1 fully saturated rings. The second-order valence-electron chi connectivity index (χ2n) is 7.09. The number of piperidine rings is 1. The number of hydrazone groups is 1. The highest BCUT2D eigenvalue weighted by atomic mass is 32.2. The van der Waals surface area contributed by atoms with Crippen LogP contribution < -0.4 is 10.9 Å². The molecule has 0 spiro atoms. The molecule has 0 saturated carbocycles. The number of amides is 1. The number of hydrogen-bond acceptors (Lipinski definition) is 7. The maximum absolute atomic E-state index is 12.2. The van der Waals surface area contributed by atoms with E-state index in [-0.39, 0.29) is 6.09 Å². The monoisotopic (exact) mass is 371 g/mol. The second-order valence-corrected chi connectivity index (χ2v) is 7.91. The van der Waals surface area contributed by atoms with Crippen molar-refractivity contribution < 1.29 is 9.53 Å². The van der Waals surface area contributed by atoms with Gasteiger partial charge in [-0.15, -0.1) is 11.8 Å². The molecule has 25 heavy (non-hydrogen) atoms. The van der Waals surface area contributed by atoms with E-state index in [9.17, 15) is 4.79 Å². The van der Waals surface area contributed by atoms with Crippen LogP contribution in [0.4, 0.5) is 4.79 Å². The first-order valence-electron chi connectivity index (χ1n) is 8.61. The zero-order chi connectivity index (χ0) is 19.0. The lowest BCUT2D eigenvalue weighted by Crippen LogP contribution is -2.42. The lowest BCUT2D eigenvalue weighted by Gasteiger charge is -2.33. The SMILES string of the molecule is CNN/C=C(/C)N(C)/N=C(\SC)C1CCN(C(=O)OC(C)(C)C)CC1. The normalized spacial score (nSPS) is 17.5. The van der Waals surface area contributed by atoms with Gasteiger partial charge in [0.2, 0.25) is 0 Å². The van der Waals surface area contributed by atoms with Gasteiger partial charge in [-0.1, -0.05) is 0 Å². The Morgan fingerprint density at radius 2 is 1.96 bits per heavy atom. The first-order chi connectivity index (χ1) is 11.7. The van der Waals surface area contributed by atoms with Crippen LogP contribution in [-0.2, 0) is 4.74 Å². The smallest absolute Gasteiger partial charge is 0.410 e. The number of likely N-dealkylation sites (tertiary alicyclic amines) is 1. The summed E-state index contributed by atoms with van der Waals surface area (Å²) in [5.74, 6) is 0.376. The van der Waals surface area contributed by atoms with Crippen molar-refractivity contribution in [2.75, 3.05) is 33.4 Å². The zero-order valence-electron chi connectivity index (χ0n) is 16.5. The summed E-state index contributed by atoms with van der Waals surface area (Å²) >= 11 is 1.68. The Bertz CT molecular complexity index is 494. The number of carbonyl (C=O) groups excluding carboxylic acids is 1. The summed E-state index contributed by atoms with van der Waals surface area (Å²) in [6.07, 6.45) is 5.52. The number of nitrogens with zero attached hydrogens (tertiary/aromatic N) is 3. The van der Waals surface area contributed by atoms with E-state index in [0.717, 1.165) is 23.6 Å². The summed E-state index contributed by atoms with van der Waals surface area (Å²) in [7, 11) is 3.76. The summed E-state index contributed by atoms with van der Waals surface area (Å²) in [6, 6.07) is 0. The Hall–Kier alpha value is -1.41. The van der Waals surface area contributed by atoms with Crippen LogP contribution in [0.2, 0.25) is 0 Å². The molecule has 7 nitrogen and oxygen atoms in total. The molecular formula is C17H33N5O2S. The number of hydrogen-bond donors (Lipinski definition) is 2. The molecule has 144 valence electrons. The molecule has 1 rings (SSSR count). The van der Waals surface area contributed by atoms with Gasteiger partial charge in [-0.25, -0.2) is 10.2 Å². The summed E-state index contributed by atoms with van der Waals surface area (Å²) in [5.41, 5.74) is 6.36. The number of allylic oxidation sites excluding steroid dienone is 1. The lowest BCUT2D eigenvalue weighted by atomic mass is 9.98. The van der Waals surface area contributed by atoms with Crippen LogP contribution in [0.3, 0.4) is 0 Å². The van der Waals surface area contributed by atoms with Gasteiger partial charge in [0, 0.05) is 39.3 Å². The van der Waals surface area contributed by atoms with E-state index in [0.29, 0.717) is 19.0 Å². The maximum Gasteiger partial charge on any atom is 0.410 e. The van der Waals surface area contributed by atoms with Crippen molar-refractivity contribution in [2.45, 2.75) is 46.1 Å². The summed E-state index contributed by atoms with van der Waals surface area (Å²) in [5, 5.41) is 7.71. The minimum absolute atomic E-state index is 0.220. The Morgan fingerprint density at radius 1 is 1.36 bits per heavy atom. The molecule has 1 aliphatic rings. The molecule has 1 heterocycles. The van der Waals surface area contributed by atoms with Gasteiger partial charge < -0.3 is 15.1 Å². The van der Waals surface area contributed by atoms with Crippen LogP contribution in [0, 0.1) is 5.92 Å². The predicted molar refractivity (Wildman–Crippen MR) is 105 cm³/mol. The van der Waals surface area contributed by atoms with E-state index in [1.807, 2.05) is 53.0 Å². The van der Waals surface area contributed by atoms with E-state index in [4.69, 9.17) is 9.84 Å². The highest BCUT2D eigenvalue weighted by molar-refractivity contribution is 8.13. The Balaban J connectivity index is 2.64. The molecule has 0 aromatic heterocycles. The lowest BCUT2D eigenvalue weighted by molar-refractivity contribution is 0.0202. The van der Waals surface area contributed by atoms with Crippen molar-refractivity contribution in [3.05, 3.63) is 11.9 Å². The number of thioether (sulfide) groups is 1. The van der Waals surface area contributed by atoms with E-state index in [2.05, 4.69) is 17.1 Å². The molecule has 0 radical (unpaired) electrons. The molecule has 1 aliphatic heterocycles. The fourth-order valence-corrected chi connectivity index (χ4v) is 3.19. The van der Waals surface area contributed by atoms with Crippen LogP contribution in [0.5, 0.6) is 0 Å². The Labute approximate surface area is 156 Å². The van der Waals surface area contributed by atoms with Gasteiger partial charge in [-0.2, -0.15) is 5.10 Å². The van der Waals surface area contributed by atoms with Crippen LogP contribution in [-0.4, -0.2) is 60.1 Å². The van der Waals surface area contributed by atoms with Gasteiger partial charge in [-0.3, -0.25) is 5.01 Å². The third-order valence-corrected chi connectivity index (χ3v) is 4.72. The van der Waals surface area contributed by atoms with E-state index >= 15 is 0 Å². The largest absolute Gasteiger partial charge is 0.444 e. The average molecular weight is 372 g/mol. The fourth-order valence-electron chi connectivity index (χ4n) is 2.42. The minimum Gasteiger partial charge on any atom is -0.444 e. The molecule has 0 bridgehead atoms. The van der Waals surface area contributed by atoms with Gasteiger partial charge in [0.15, 0.2) is 0 Å². The van der Waals surface area contributed by atoms with E-state index in [1.54, 1.807) is 16.7 Å². The van der Waals surface area contributed by atoms with Gasteiger partial charge in [0.1, 0.15) is 5.60 Å². The highest BCUT2D eigenvalue weighted by Crippen LogP contribution is 2.25. The van der Waals surface area contributed by atoms with Crippen molar-refractivity contribution in [2.24, 2.45) is 11.0 Å². The fraction of sp³-hybridized carbons (Fsp3) is 0.765. The van der Waals surface area contributed by atoms with Crippen LogP contribution in [0.25, 0.3) is 0 Å². The Morgan fingerprint density at radius 3 is 2.44 bits per heavy atom. The average Bonchev–Trinajstić information content (AvgIpc) is 2.55. The van der Waals surface area contributed by atoms with E-state index in [1.165, 1.54) is 0 Å². The molecular weight excluding hydrogens is 338 g/mol. The number of nitrogens with one attached hydrogen (secondary N) is 2. The molecule has 1 amide bonds. The van der Waals surface area contributed by atoms with E-state index < -0.39 is 5.60 Å². The van der Waals surface area contributed by atoms with Gasteiger partial charge in [-0.05, 0) is 46.8 Å². The molecule has 0 aliphatic carbocycles. The minimum atomic E-state index is -0.451. The summed E-state index contributed by atoms with van der Waals surface area (Å²) in [4.78, 5) is 14.0. The number of carbonyl (C=O) groups is 1. The quantitative estimate of drug-likeness (QED) is 0.440. The number of rotatable bonds is 5. The molecule has 0 aromatic rings. The summed E-state index contributed by atoms with van der Waals surface area (Å²) in [6.45, 7) is 9.09. The van der Waals surface area contributed by atoms with Crippen LogP contribution >= 0.6 is 11.8 Å². The second kappa shape index (κ2) is 9.91. The third kappa shape index (κ3) is 7.56. The van der Waals surface area contributed by atoms with Gasteiger partial charge >= 0.3 is 6.09 Å². The van der Waals surface area contributed by atoms with Crippen LogP contribution in [0.1, 0.15) is 40.5 Å². The molecule has 8 heteroatoms. The Kier molecular flexibility index (Phi) is 8.58. The van der Waals surface area contributed by atoms with Crippen molar-refractivity contribution in [1.29, 1.82) is 0 Å². The van der Waals surface area contributed by atoms with Crippen molar-refractivity contribution in [3.8, 4) is 0 Å². The first-order valence-corrected chi connectivity index (χ1v) is 9.83. The van der Waals surface area contributed by atoms with Gasteiger partial charge in [0.25, 0.3) is 0 Å². The van der Waals surface area contributed by atoms with Crippen molar-refractivity contribution >= 4 is 22.9 Å². The van der Waals surface area contributed by atoms with Crippen LogP contribution in [0.15, 0.2) is 17.0 Å². The molecule has 0 unspecified atom stereocenters. The number of hydrazine groups is 1. The predicted octanol–water partition coefficient (Wildman–Crippen LogP) is 2.83. The molecule has 1 saturated heterocycles. The highest BCUT2D eigenvalue weighted by Gasteiger charge is 2.29. The molecule has 0 aromatic carbocycles. The standard InChI is InChI=1S/C17H33N5O2S/c1-13(12-19-18-5)21(6)20-15(25-7)14-8-10-22(11-9-14)16(23)24-17(2,3)4/h12,14,18-19H,8-11H2,1-7H3/b13-12-,20-15-. The van der Waals surface area contributed by atoms with Crippen molar-refractivity contribution in [3.63, 3.8) is 0 Å². The topological polar surface area (TPSA) is 69.2 Å². The van der Waals surface area contributed by atoms with Gasteiger partial charge in [0.05, 0.1) is 10.7 Å². The molecule has 0 atom stereocenters.